The third-order valence-corrected chi connectivity index (χ3v) is 4.99. The summed E-state index contributed by atoms with van der Waals surface area (Å²) in [5.74, 6) is 0. The number of carbonyl (C=O) groups is 1. The van der Waals surface area contributed by atoms with Gasteiger partial charge in [-0.2, -0.15) is 0 Å². The van der Waals surface area contributed by atoms with Gasteiger partial charge in [0.25, 0.3) is 0 Å². The van der Waals surface area contributed by atoms with Crippen LogP contribution in [0, 0.1) is 0 Å². The van der Waals surface area contributed by atoms with Gasteiger partial charge in [0.2, 0.25) is 5.12 Å². The molecule has 0 spiro atoms. The Kier molecular flexibility index (Phi) is 5.60. The molecule has 1 saturated carbocycles. The summed E-state index contributed by atoms with van der Waals surface area (Å²) in [7, 11) is 0. The molecule has 0 radical (unpaired) electrons. The highest BCUT2D eigenvalue weighted by Gasteiger charge is 2.34. The molecule has 0 aromatic carbocycles. The van der Waals surface area contributed by atoms with Gasteiger partial charge in [-0.15, -0.1) is 0 Å². The van der Waals surface area contributed by atoms with E-state index in [4.69, 9.17) is 0 Å². The van der Waals surface area contributed by atoms with Crippen molar-refractivity contribution in [3.63, 3.8) is 0 Å². The van der Waals surface area contributed by atoms with Crippen molar-refractivity contribution >= 4 is 16.9 Å². The molecule has 2 heteroatoms. The summed E-state index contributed by atoms with van der Waals surface area (Å²) in [4.78, 5) is 11.8. The lowest BCUT2D eigenvalue weighted by atomic mass is 9.85. The van der Waals surface area contributed by atoms with Crippen LogP contribution in [0.3, 0.4) is 0 Å². The van der Waals surface area contributed by atoms with E-state index in [2.05, 4.69) is 13.5 Å². The molecule has 1 fully saturated rings. The van der Waals surface area contributed by atoms with Crippen LogP contribution in [0.1, 0.15) is 65.2 Å². The van der Waals surface area contributed by atoms with Gasteiger partial charge in [0, 0.05) is 4.75 Å². The van der Waals surface area contributed by atoms with Crippen LogP contribution in [0.2, 0.25) is 0 Å². The molecule has 0 atom stereocenters. The maximum atomic E-state index is 11.8. The van der Waals surface area contributed by atoms with Gasteiger partial charge >= 0.3 is 0 Å². The number of unbranched alkanes of at least 4 members (excludes halogenated alkanes) is 1. The Labute approximate surface area is 104 Å². The summed E-state index contributed by atoms with van der Waals surface area (Å²) < 4.78 is 0.240. The molecule has 0 amide bonds. The Morgan fingerprint density at radius 1 is 1.31 bits per heavy atom. The van der Waals surface area contributed by atoms with Crippen molar-refractivity contribution in [2.45, 2.75) is 70.0 Å². The molecule has 0 heterocycles. The van der Waals surface area contributed by atoms with Crippen molar-refractivity contribution in [2.75, 3.05) is 0 Å². The fourth-order valence-electron chi connectivity index (χ4n) is 2.38. The van der Waals surface area contributed by atoms with E-state index in [9.17, 15) is 4.79 Å². The molecule has 1 aliphatic rings. The molecule has 1 nitrogen and oxygen atoms in total. The fourth-order valence-corrected chi connectivity index (χ4v) is 3.69. The monoisotopic (exact) mass is 240 g/mol. The van der Waals surface area contributed by atoms with Gasteiger partial charge in [-0.05, 0) is 31.8 Å². The van der Waals surface area contributed by atoms with Crippen molar-refractivity contribution in [1.82, 2.24) is 0 Å². The number of hydrogen-bond acceptors (Lipinski definition) is 2. The molecule has 0 aromatic rings. The lowest BCUT2D eigenvalue weighted by Crippen LogP contribution is -2.29. The van der Waals surface area contributed by atoms with Crippen LogP contribution >= 0.6 is 11.8 Å². The van der Waals surface area contributed by atoms with Gasteiger partial charge in [-0.1, -0.05) is 57.4 Å². The van der Waals surface area contributed by atoms with Crippen molar-refractivity contribution < 1.29 is 4.79 Å². The SMILES string of the molecule is C=C(C)C(=O)SC1(CCCC)CCCCC1. The van der Waals surface area contributed by atoms with Gasteiger partial charge in [0.15, 0.2) is 0 Å². The van der Waals surface area contributed by atoms with Crippen LogP contribution in [-0.2, 0) is 4.79 Å². The molecule has 1 aliphatic carbocycles. The topological polar surface area (TPSA) is 17.1 Å². The van der Waals surface area contributed by atoms with Gasteiger partial charge in [-0.25, -0.2) is 0 Å². The Morgan fingerprint density at radius 3 is 2.44 bits per heavy atom. The molecule has 0 unspecified atom stereocenters. The summed E-state index contributed by atoms with van der Waals surface area (Å²) in [6.45, 7) is 7.81. The second-order valence-electron chi connectivity index (χ2n) is 5.02. The smallest absolute Gasteiger partial charge is 0.214 e. The molecule has 0 aliphatic heterocycles. The standard InChI is InChI=1S/C14H24OS/c1-4-5-9-14(10-7-6-8-11-14)16-13(15)12(2)3/h2,4-11H2,1,3H3. The van der Waals surface area contributed by atoms with Crippen molar-refractivity contribution in [2.24, 2.45) is 0 Å². The summed E-state index contributed by atoms with van der Waals surface area (Å²) in [5, 5.41) is 0.206. The van der Waals surface area contributed by atoms with E-state index in [-0.39, 0.29) is 9.86 Å². The second-order valence-corrected chi connectivity index (χ2v) is 6.46. The lowest BCUT2D eigenvalue weighted by molar-refractivity contribution is -0.107. The zero-order valence-electron chi connectivity index (χ0n) is 10.7. The minimum Gasteiger partial charge on any atom is -0.282 e. The highest BCUT2D eigenvalue weighted by molar-refractivity contribution is 8.15. The minimum atomic E-state index is 0.206. The second kappa shape index (κ2) is 6.48. The average Bonchev–Trinajstić information content (AvgIpc) is 2.27. The fraction of sp³-hybridized carbons (Fsp3) is 0.786. The minimum absolute atomic E-state index is 0.206. The largest absolute Gasteiger partial charge is 0.282 e. The number of carbonyl (C=O) groups excluding carboxylic acids is 1. The molecule has 0 N–H and O–H groups in total. The molecule has 1 rings (SSSR count). The highest BCUT2D eigenvalue weighted by atomic mass is 32.2. The third kappa shape index (κ3) is 3.97. The van der Waals surface area contributed by atoms with E-state index in [1.165, 1.54) is 51.4 Å². The Hall–Kier alpha value is -0.240. The zero-order chi connectivity index (χ0) is 12.0. The predicted molar refractivity (Wildman–Crippen MR) is 72.8 cm³/mol. The molecule has 0 saturated heterocycles. The van der Waals surface area contributed by atoms with Crippen LogP contribution in [0.4, 0.5) is 0 Å². The van der Waals surface area contributed by atoms with Crippen molar-refractivity contribution in [3.05, 3.63) is 12.2 Å². The third-order valence-electron chi connectivity index (χ3n) is 3.41. The van der Waals surface area contributed by atoms with Crippen LogP contribution in [0.15, 0.2) is 12.2 Å². The Balaban J connectivity index is 2.61. The van der Waals surface area contributed by atoms with Gasteiger partial charge < -0.3 is 0 Å². The summed E-state index contributed by atoms with van der Waals surface area (Å²) in [6.07, 6.45) is 10.0. The summed E-state index contributed by atoms with van der Waals surface area (Å²) >= 11 is 1.58. The van der Waals surface area contributed by atoms with Crippen LogP contribution in [0.25, 0.3) is 0 Å². The van der Waals surface area contributed by atoms with Gasteiger partial charge in [-0.3, -0.25) is 4.79 Å². The first-order valence-electron chi connectivity index (χ1n) is 6.48. The number of thioether (sulfide) groups is 1. The van der Waals surface area contributed by atoms with Crippen LogP contribution < -0.4 is 0 Å². The summed E-state index contributed by atoms with van der Waals surface area (Å²) in [6, 6.07) is 0. The number of hydrogen-bond donors (Lipinski definition) is 0. The van der Waals surface area contributed by atoms with Gasteiger partial charge in [0.05, 0.1) is 0 Å². The van der Waals surface area contributed by atoms with E-state index < -0.39 is 0 Å². The van der Waals surface area contributed by atoms with Crippen LogP contribution in [0.5, 0.6) is 0 Å². The lowest BCUT2D eigenvalue weighted by Gasteiger charge is -2.36. The van der Waals surface area contributed by atoms with Crippen molar-refractivity contribution in [3.8, 4) is 0 Å². The Bertz CT molecular complexity index is 251. The average molecular weight is 240 g/mol. The quantitative estimate of drug-likeness (QED) is 0.647. The highest BCUT2D eigenvalue weighted by Crippen LogP contribution is 2.44. The zero-order valence-corrected chi connectivity index (χ0v) is 11.5. The molecular weight excluding hydrogens is 216 g/mol. The molecule has 16 heavy (non-hydrogen) atoms. The maximum absolute atomic E-state index is 11.8. The number of rotatable bonds is 5. The first-order chi connectivity index (χ1) is 7.59. The van der Waals surface area contributed by atoms with E-state index in [1.54, 1.807) is 11.8 Å². The molecule has 0 aromatic heterocycles. The molecule has 92 valence electrons. The normalized spacial score (nSPS) is 19.4. The first kappa shape index (κ1) is 13.8. The maximum Gasteiger partial charge on any atom is 0.214 e. The van der Waals surface area contributed by atoms with Crippen LogP contribution in [-0.4, -0.2) is 9.86 Å². The molecule has 0 bridgehead atoms. The molecular formula is C14H24OS. The van der Waals surface area contributed by atoms with E-state index in [0.29, 0.717) is 5.57 Å². The van der Waals surface area contributed by atoms with E-state index >= 15 is 0 Å². The van der Waals surface area contributed by atoms with Crippen molar-refractivity contribution in [1.29, 1.82) is 0 Å². The Morgan fingerprint density at radius 2 is 1.94 bits per heavy atom. The summed E-state index contributed by atoms with van der Waals surface area (Å²) in [5.41, 5.74) is 0.700. The van der Waals surface area contributed by atoms with E-state index in [0.717, 1.165) is 0 Å². The van der Waals surface area contributed by atoms with Gasteiger partial charge in [0.1, 0.15) is 0 Å². The predicted octanol–water partition coefficient (Wildman–Crippen LogP) is 4.72. The van der Waals surface area contributed by atoms with E-state index in [1.807, 2.05) is 6.92 Å². The first-order valence-corrected chi connectivity index (χ1v) is 7.30.